The third-order valence-electron chi connectivity index (χ3n) is 7.75. The molecule has 0 aliphatic carbocycles. The van der Waals surface area contributed by atoms with E-state index < -0.39 is 0 Å². The molecule has 0 atom stereocenters. The summed E-state index contributed by atoms with van der Waals surface area (Å²) in [5.41, 5.74) is 6.89. The van der Waals surface area contributed by atoms with E-state index in [1.807, 2.05) is 60.8 Å². The van der Waals surface area contributed by atoms with Crippen LogP contribution in [0.3, 0.4) is 0 Å². The van der Waals surface area contributed by atoms with Crippen LogP contribution in [0, 0.1) is 13.8 Å². The van der Waals surface area contributed by atoms with Crippen LogP contribution in [0.15, 0.2) is 72.4 Å². The van der Waals surface area contributed by atoms with Crippen molar-refractivity contribution in [2.75, 3.05) is 33.2 Å². The fraction of sp³-hybridized carbons (Fsp3) is 0.273. The van der Waals surface area contributed by atoms with E-state index in [1.165, 1.54) is 5.56 Å². The summed E-state index contributed by atoms with van der Waals surface area (Å²) in [5.74, 6) is 1.83. The summed E-state index contributed by atoms with van der Waals surface area (Å²) in [6.45, 7) is 9.41. The molecule has 0 unspecified atom stereocenters. The molecule has 1 saturated heterocycles. The van der Waals surface area contributed by atoms with Crippen molar-refractivity contribution < 1.29 is 9.53 Å². The smallest absolute Gasteiger partial charge is 0.240 e. The minimum Gasteiger partial charge on any atom is -0.437 e. The van der Waals surface area contributed by atoms with Gasteiger partial charge < -0.3 is 9.64 Å². The summed E-state index contributed by atoms with van der Waals surface area (Å²) >= 11 is 1.54. The maximum absolute atomic E-state index is 13.4. The first-order valence-electron chi connectivity index (χ1n) is 13.9. The Hall–Kier alpha value is -3.98. The average Bonchev–Trinajstić information content (AvgIpc) is 3.47. The summed E-state index contributed by atoms with van der Waals surface area (Å²) in [7, 11) is 2.17. The summed E-state index contributed by atoms with van der Waals surface area (Å²) < 4.78 is 7.22. The summed E-state index contributed by atoms with van der Waals surface area (Å²) in [4.78, 5) is 31.8. The number of ketones is 1. The number of piperazine rings is 1. The number of ether oxygens (including phenoxy) is 1. The monoisotopic (exact) mass is 563 g/mol. The normalized spacial score (nSPS) is 14.4. The molecule has 4 heterocycles. The zero-order valence-electron chi connectivity index (χ0n) is 23.6. The third kappa shape index (κ3) is 6.20. The molecule has 1 fully saturated rings. The van der Waals surface area contributed by atoms with Crippen molar-refractivity contribution in [1.29, 1.82) is 0 Å². The number of likely N-dealkylation sites (N-methyl/N-ethyl adjacent to an activating group) is 1. The van der Waals surface area contributed by atoms with E-state index in [1.54, 1.807) is 23.7 Å². The number of nitrogens with zero attached hydrogens (tertiary/aromatic N) is 5. The molecule has 6 rings (SSSR count). The lowest BCUT2D eigenvalue weighted by Crippen LogP contribution is -2.43. The van der Waals surface area contributed by atoms with Gasteiger partial charge in [0.05, 0.1) is 5.52 Å². The first-order valence-corrected chi connectivity index (χ1v) is 14.8. The van der Waals surface area contributed by atoms with E-state index in [2.05, 4.69) is 34.8 Å². The van der Waals surface area contributed by atoms with E-state index in [9.17, 15) is 4.79 Å². The number of pyridine rings is 1. The van der Waals surface area contributed by atoms with Crippen molar-refractivity contribution >= 4 is 27.3 Å². The SMILES string of the molecule is Cc1ccc(Oc2nc(-c3ccncc3)nc3ccsc23)cc1CC(=O)c1ccc(CN2CCN(C)CC2)c(C)c1. The van der Waals surface area contributed by atoms with Gasteiger partial charge >= 0.3 is 0 Å². The Morgan fingerprint density at radius 1 is 0.902 bits per heavy atom. The molecule has 0 saturated carbocycles. The van der Waals surface area contributed by atoms with Gasteiger partial charge in [0, 0.05) is 62.7 Å². The van der Waals surface area contributed by atoms with Gasteiger partial charge in [-0.3, -0.25) is 14.7 Å². The van der Waals surface area contributed by atoms with Crippen LogP contribution in [-0.2, 0) is 13.0 Å². The number of hydrogen-bond donors (Lipinski definition) is 0. The van der Waals surface area contributed by atoms with Gasteiger partial charge in [0.15, 0.2) is 11.6 Å². The van der Waals surface area contributed by atoms with Crippen LogP contribution in [0.5, 0.6) is 11.6 Å². The number of thiophene rings is 1. The van der Waals surface area contributed by atoms with Crippen LogP contribution in [0.2, 0.25) is 0 Å². The highest BCUT2D eigenvalue weighted by molar-refractivity contribution is 7.17. The Labute approximate surface area is 244 Å². The fourth-order valence-corrected chi connectivity index (χ4v) is 5.87. The highest BCUT2D eigenvalue weighted by atomic mass is 32.1. The molecule has 2 aromatic carbocycles. The van der Waals surface area contributed by atoms with Crippen molar-refractivity contribution in [3.8, 4) is 23.0 Å². The first-order chi connectivity index (χ1) is 19.9. The van der Waals surface area contributed by atoms with Crippen LogP contribution in [0.25, 0.3) is 21.6 Å². The number of rotatable bonds is 8. The molecule has 7 nitrogen and oxygen atoms in total. The zero-order valence-corrected chi connectivity index (χ0v) is 24.4. The molecule has 41 heavy (non-hydrogen) atoms. The highest BCUT2D eigenvalue weighted by Crippen LogP contribution is 2.34. The van der Waals surface area contributed by atoms with Crippen molar-refractivity contribution in [2.45, 2.75) is 26.8 Å². The molecule has 1 aliphatic heterocycles. The average molecular weight is 564 g/mol. The number of fused-ring (bicyclic) bond motifs is 1. The first kappa shape index (κ1) is 27.2. The lowest BCUT2D eigenvalue weighted by molar-refractivity contribution is 0.0992. The number of carbonyl (C=O) groups is 1. The summed E-state index contributed by atoms with van der Waals surface area (Å²) in [6.07, 6.45) is 3.76. The second-order valence-corrected chi connectivity index (χ2v) is 11.7. The van der Waals surface area contributed by atoms with Gasteiger partial charge in [0.25, 0.3) is 0 Å². The van der Waals surface area contributed by atoms with Gasteiger partial charge in [-0.25, -0.2) is 4.98 Å². The topological polar surface area (TPSA) is 71.4 Å². The van der Waals surface area contributed by atoms with Crippen molar-refractivity contribution in [2.24, 2.45) is 0 Å². The van der Waals surface area contributed by atoms with Crippen molar-refractivity contribution in [3.05, 3.63) is 100 Å². The Kier molecular flexibility index (Phi) is 7.87. The molecule has 3 aromatic heterocycles. The fourth-order valence-electron chi connectivity index (χ4n) is 5.12. The number of Topliss-reactive ketones (excluding diaryl/α,β-unsaturated/α-hetero) is 1. The van der Waals surface area contributed by atoms with Gasteiger partial charge in [-0.1, -0.05) is 18.2 Å². The molecule has 0 bridgehead atoms. The van der Waals surface area contributed by atoms with Gasteiger partial charge in [-0.15, -0.1) is 11.3 Å². The molecule has 0 radical (unpaired) electrons. The summed E-state index contributed by atoms with van der Waals surface area (Å²) in [5, 5.41) is 1.99. The van der Waals surface area contributed by atoms with Gasteiger partial charge in [0.1, 0.15) is 10.4 Å². The second kappa shape index (κ2) is 11.9. The molecule has 8 heteroatoms. The standard InChI is InChI=1S/C33H33N5O2S/c1-22-4-7-28(40-33-31-29(10-17-41-31)35-32(36-33)24-8-11-34-12-9-24)19-27(22)20-30(39)25-5-6-26(23(2)18-25)21-38-15-13-37(3)14-16-38/h4-12,17-19H,13-16,20-21H2,1-3H3. The highest BCUT2D eigenvalue weighted by Gasteiger charge is 2.17. The van der Waals surface area contributed by atoms with Crippen molar-refractivity contribution in [1.82, 2.24) is 24.8 Å². The number of aromatic nitrogens is 3. The van der Waals surface area contributed by atoms with Crippen LogP contribution in [0.1, 0.15) is 32.6 Å². The predicted octanol–water partition coefficient (Wildman–Crippen LogP) is 6.34. The molecule has 1 aliphatic rings. The molecule has 0 N–H and O–H groups in total. The minimum absolute atomic E-state index is 0.0992. The zero-order chi connectivity index (χ0) is 28.3. The molecule has 0 amide bonds. The Morgan fingerprint density at radius 2 is 1.71 bits per heavy atom. The maximum Gasteiger partial charge on any atom is 0.240 e. The third-order valence-corrected chi connectivity index (χ3v) is 8.64. The van der Waals surface area contributed by atoms with Crippen LogP contribution < -0.4 is 4.74 Å². The second-order valence-electron chi connectivity index (χ2n) is 10.7. The molecule has 5 aromatic rings. The van der Waals surface area contributed by atoms with Gasteiger partial charge in [-0.2, -0.15) is 4.98 Å². The number of benzene rings is 2. The molecular formula is C33H33N5O2S. The molecular weight excluding hydrogens is 530 g/mol. The van der Waals surface area contributed by atoms with Crippen LogP contribution in [-0.4, -0.2) is 63.8 Å². The van der Waals surface area contributed by atoms with Crippen molar-refractivity contribution in [3.63, 3.8) is 0 Å². The van der Waals surface area contributed by atoms with E-state index in [0.29, 0.717) is 23.9 Å². The van der Waals surface area contributed by atoms with E-state index in [-0.39, 0.29) is 5.78 Å². The van der Waals surface area contributed by atoms with E-state index in [0.717, 1.165) is 70.8 Å². The molecule has 0 spiro atoms. The lowest BCUT2D eigenvalue weighted by Gasteiger charge is -2.32. The Morgan fingerprint density at radius 3 is 2.49 bits per heavy atom. The predicted molar refractivity (Wildman–Crippen MR) is 164 cm³/mol. The minimum atomic E-state index is 0.0992. The van der Waals surface area contributed by atoms with Crippen LogP contribution >= 0.6 is 11.3 Å². The quantitative estimate of drug-likeness (QED) is 0.204. The van der Waals surface area contributed by atoms with E-state index in [4.69, 9.17) is 14.7 Å². The summed E-state index contributed by atoms with van der Waals surface area (Å²) in [6, 6.07) is 17.7. The number of hydrogen-bond acceptors (Lipinski definition) is 8. The lowest BCUT2D eigenvalue weighted by atomic mass is 9.96. The Bertz CT molecular complexity index is 1690. The largest absolute Gasteiger partial charge is 0.437 e. The van der Waals surface area contributed by atoms with Crippen LogP contribution in [0.4, 0.5) is 0 Å². The number of carbonyl (C=O) groups excluding carboxylic acids is 1. The maximum atomic E-state index is 13.4. The Balaban J connectivity index is 1.19. The van der Waals surface area contributed by atoms with E-state index >= 15 is 0 Å². The number of aryl methyl sites for hydroxylation is 2. The van der Waals surface area contributed by atoms with Gasteiger partial charge in [-0.05, 0) is 84.9 Å². The van der Waals surface area contributed by atoms with Gasteiger partial charge in [0.2, 0.25) is 5.88 Å². The molecule has 208 valence electrons.